The molecule has 19 heavy (non-hydrogen) atoms. The molecule has 2 aromatic carbocycles. The van der Waals surface area contributed by atoms with Gasteiger partial charge in [-0.1, -0.05) is 31.2 Å². The molecular weight excluding hydrogens is 256 g/mol. The summed E-state index contributed by atoms with van der Waals surface area (Å²) in [6.07, 6.45) is 0. The van der Waals surface area contributed by atoms with Crippen molar-refractivity contribution in [2.45, 2.75) is 11.8 Å². The van der Waals surface area contributed by atoms with Crippen LogP contribution < -0.4 is 11.1 Å². The lowest BCUT2D eigenvalue weighted by molar-refractivity contribution is 0.102. The number of hydrogen-bond donors (Lipinski definition) is 2. The van der Waals surface area contributed by atoms with E-state index in [-0.39, 0.29) is 5.91 Å². The van der Waals surface area contributed by atoms with E-state index < -0.39 is 0 Å². The fourth-order valence-corrected chi connectivity index (χ4v) is 2.51. The maximum atomic E-state index is 12.2. The Bertz CT molecular complexity index is 584. The minimum atomic E-state index is -0.178. The van der Waals surface area contributed by atoms with Gasteiger partial charge < -0.3 is 11.1 Å². The summed E-state index contributed by atoms with van der Waals surface area (Å²) >= 11 is 1.70. The van der Waals surface area contributed by atoms with E-state index in [1.807, 2.05) is 30.3 Å². The highest BCUT2D eigenvalue weighted by molar-refractivity contribution is 7.99. The van der Waals surface area contributed by atoms with E-state index in [0.717, 1.165) is 16.3 Å². The van der Waals surface area contributed by atoms with Crippen LogP contribution in [0.4, 0.5) is 11.4 Å². The topological polar surface area (TPSA) is 55.1 Å². The lowest BCUT2D eigenvalue weighted by atomic mass is 10.1. The fourth-order valence-electron chi connectivity index (χ4n) is 1.74. The minimum absolute atomic E-state index is 0.178. The Morgan fingerprint density at radius 2 is 1.84 bits per heavy atom. The van der Waals surface area contributed by atoms with E-state index >= 15 is 0 Å². The third-order valence-electron chi connectivity index (χ3n) is 2.64. The number of benzene rings is 2. The Balaban J connectivity index is 2.22. The van der Waals surface area contributed by atoms with Crippen LogP contribution in [0.15, 0.2) is 53.4 Å². The number of hydrogen-bond acceptors (Lipinski definition) is 3. The standard InChI is InChI=1S/C15H16N2OS/c1-2-19-14-10-6-5-9-13(14)17-15(18)11-7-3-4-8-12(11)16/h3-10H,2,16H2,1H3,(H,17,18). The number of amides is 1. The first kappa shape index (κ1) is 13.5. The molecule has 0 spiro atoms. The Hall–Kier alpha value is -1.94. The molecular formula is C15H16N2OS. The summed E-state index contributed by atoms with van der Waals surface area (Å²) in [5, 5.41) is 2.91. The van der Waals surface area contributed by atoms with Crippen molar-refractivity contribution in [3.8, 4) is 0 Å². The number of carbonyl (C=O) groups excluding carboxylic acids is 1. The zero-order valence-corrected chi connectivity index (χ0v) is 11.5. The van der Waals surface area contributed by atoms with Crippen LogP contribution in [0.3, 0.4) is 0 Å². The van der Waals surface area contributed by atoms with Gasteiger partial charge in [0, 0.05) is 10.6 Å². The average Bonchev–Trinajstić information content (AvgIpc) is 2.41. The van der Waals surface area contributed by atoms with E-state index in [0.29, 0.717) is 11.3 Å². The normalized spacial score (nSPS) is 10.2. The zero-order valence-electron chi connectivity index (χ0n) is 10.7. The lowest BCUT2D eigenvalue weighted by Gasteiger charge is -2.11. The van der Waals surface area contributed by atoms with Crippen LogP contribution in [0.2, 0.25) is 0 Å². The maximum Gasteiger partial charge on any atom is 0.257 e. The first-order chi connectivity index (χ1) is 9.22. The Kier molecular flexibility index (Phi) is 4.47. The maximum absolute atomic E-state index is 12.2. The van der Waals surface area contributed by atoms with E-state index in [9.17, 15) is 4.79 Å². The van der Waals surface area contributed by atoms with Crippen LogP contribution in [0.1, 0.15) is 17.3 Å². The summed E-state index contributed by atoms with van der Waals surface area (Å²) < 4.78 is 0. The Labute approximate surface area is 117 Å². The number of anilines is 2. The molecule has 0 saturated carbocycles. The molecule has 4 heteroatoms. The number of carbonyl (C=O) groups is 1. The average molecular weight is 272 g/mol. The van der Waals surface area contributed by atoms with Crippen LogP contribution in [0, 0.1) is 0 Å². The van der Waals surface area contributed by atoms with Gasteiger partial charge in [-0.2, -0.15) is 0 Å². The van der Waals surface area contributed by atoms with E-state index in [4.69, 9.17) is 5.73 Å². The number of nitrogens with two attached hydrogens (primary N) is 1. The number of para-hydroxylation sites is 2. The summed E-state index contributed by atoms with van der Waals surface area (Å²) in [5.41, 5.74) is 7.61. The van der Waals surface area contributed by atoms with Gasteiger partial charge >= 0.3 is 0 Å². The first-order valence-corrected chi connectivity index (χ1v) is 7.08. The summed E-state index contributed by atoms with van der Waals surface area (Å²) in [7, 11) is 0. The van der Waals surface area contributed by atoms with E-state index in [1.165, 1.54) is 0 Å². The van der Waals surface area contributed by atoms with Crippen LogP contribution in [-0.2, 0) is 0 Å². The molecule has 0 atom stereocenters. The molecule has 0 unspecified atom stereocenters. The molecule has 0 radical (unpaired) electrons. The second-order valence-corrected chi connectivity index (χ2v) is 5.28. The van der Waals surface area contributed by atoms with E-state index in [1.54, 1.807) is 30.0 Å². The molecule has 0 aliphatic carbocycles. The highest BCUT2D eigenvalue weighted by atomic mass is 32.2. The van der Waals surface area contributed by atoms with Gasteiger partial charge in [0.2, 0.25) is 0 Å². The van der Waals surface area contributed by atoms with Crippen molar-refractivity contribution in [1.82, 2.24) is 0 Å². The highest BCUT2D eigenvalue weighted by Crippen LogP contribution is 2.27. The van der Waals surface area contributed by atoms with Gasteiger partial charge in [0.15, 0.2) is 0 Å². The van der Waals surface area contributed by atoms with Crippen molar-refractivity contribution in [1.29, 1.82) is 0 Å². The number of rotatable bonds is 4. The van der Waals surface area contributed by atoms with Crippen LogP contribution in [0.5, 0.6) is 0 Å². The molecule has 0 aromatic heterocycles. The molecule has 2 aromatic rings. The molecule has 0 aliphatic rings. The molecule has 3 nitrogen and oxygen atoms in total. The van der Waals surface area contributed by atoms with Crippen molar-refractivity contribution in [3.63, 3.8) is 0 Å². The van der Waals surface area contributed by atoms with E-state index in [2.05, 4.69) is 12.2 Å². The van der Waals surface area contributed by atoms with Gasteiger partial charge in [-0.3, -0.25) is 4.79 Å². The number of nitrogens with one attached hydrogen (secondary N) is 1. The molecule has 2 rings (SSSR count). The monoisotopic (exact) mass is 272 g/mol. The molecule has 0 bridgehead atoms. The predicted molar refractivity (Wildman–Crippen MR) is 81.6 cm³/mol. The Morgan fingerprint density at radius 3 is 2.58 bits per heavy atom. The van der Waals surface area contributed by atoms with Crippen molar-refractivity contribution >= 4 is 29.0 Å². The van der Waals surface area contributed by atoms with Gasteiger partial charge in [0.1, 0.15) is 0 Å². The van der Waals surface area contributed by atoms with Gasteiger partial charge in [-0.25, -0.2) is 0 Å². The quantitative estimate of drug-likeness (QED) is 0.660. The van der Waals surface area contributed by atoms with Crippen LogP contribution >= 0.6 is 11.8 Å². The predicted octanol–water partition coefficient (Wildman–Crippen LogP) is 3.63. The summed E-state index contributed by atoms with van der Waals surface area (Å²) in [6, 6.07) is 14.8. The summed E-state index contributed by atoms with van der Waals surface area (Å²) in [4.78, 5) is 13.3. The molecule has 0 aliphatic heterocycles. The van der Waals surface area contributed by atoms with Gasteiger partial charge in [-0.15, -0.1) is 11.8 Å². The van der Waals surface area contributed by atoms with Crippen LogP contribution in [0.25, 0.3) is 0 Å². The van der Waals surface area contributed by atoms with Crippen LogP contribution in [-0.4, -0.2) is 11.7 Å². The van der Waals surface area contributed by atoms with Crippen molar-refractivity contribution in [3.05, 3.63) is 54.1 Å². The summed E-state index contributed by atoms with van der Waals surface area (Å²) in [6.45, 7) is 2.08. The highest BCUT2D eigenvalue weighted by Gasteiger charge is 2.11. The molecule has 98 valence electrons. The zero-order chi connectivity index (χ0) is 13.7. The minimum Gasteiger partial charge on any atom is -0.398 e. The fraction of sp³-hybridized carbons (Fsp3) is 0.133. The summed E-state index contributed by atoms with van der Waals surface area (Å²) in [5.74, 6) is 0.780. The van der Waals surface area contributed by atoms with Gasteiger partial charge in [0.25, 0.3) is 5.91 Å². The SMILES string of the molecule is CCSc1ccccc1NC(=O)c1ccccc1N. The third-order valence-corrected chi connectivity index (χ3v) is 3.60. The molecule has 3 N–H and O–H groups in total. The smallest absolute Gasteiger partial charge is 0.257 e. The number of thioether (sulfide) groups is 1. The second kappa shape index (κ2) is 6.29. The van der Waals surface area contributed by atoms with Crippen molar-refractivity contribution in [2.24, 2.45) is 0 Å². The third kappa shape index (κ3) is 3.29. The molecule has 0 fully saturated rings. The molecule has 0 heterocycles. The molecule has 0 saturated heterocycles. The van der Waals surface area contributed by atoms with Crippen molar-refractivity contribution in [2.75, 3.05) is 16.8 Å². The molecule has 1 amide bonds. The van der Waals surface area contributed by atoms with Gasteiger partial charge in [0.05, 0.1) is 11.3 Å². The Morgan fingerprint density at radius 1 is 1.16 bits per heavy atom. The van der Waals surface area contributed by atoms with Gasteiger partial charge in [-0.05, 0) is 30.0 Å². The lowest BCUT2D eigenvalue weighted by Crippen LogP contribution is -2.14. The second-order valence-electron chi connectivity index (χ2n) is 3.97. The van der Waals surface area contributed by atoms with Crippen molar-refractivity contribution < 1.29 is 4.79 Å². The number of nitrogen functional groups attached to an aromatic ring is 1. The largest absolute Gasteiger partial charge is 0.398 e. The first-order valence-electron chi connectivity index (χ1n) is 6.10.